The second-order valence-corrected chi connectivity index (χ2v) is 27.7. The lowest BCUT2D eigenvalue weighted by atomic mass is 9.86. The number of nitrogens with one attached hydrogen (secondary N) is 2. The van der Waals surface area contributed by atoms with Gasteiger partial charge in [0.15, 0.2) is 17.1 Å². The molecule has 4 saturated heterocycles. The number of fused-ring (bicyclic) bond motifs is 2. The summed E-state index contributed by atoms with van der Waals surface area (Å²) < 4.78 is 187. The van der Waals surface area contributed by atoms with Gasteiger partial charge >= 0.3 is 24.7 Å². The number of hydrogen-bond donors (Lipinski definition) is 2. The number of pyridine rings is 1. The number of carbonyl (C=O) groups is 6. The summed E-state index contributed by atoms with van der Waals surface area (Å²) in [4.78, 5) is 87.5. The van der Waals surface area contributed by atoms with Gasteiger partial charge in [0, 0.05) is 109 Å². The number of nitrogens with zero attached hydrogens (tertiary/aromatic N) is 11. The highest BCUT2D eigenvalue weighted by Gasteiger charge is 2.43. The predicted octanol–water partition coefficient (Wildman–Crippen LogP) is 14.6. The lowest BCUT2D eigenvalue weighted by Crippen LogP contribution is -2.39. The second-order valence-electron chi connectivity index (χ2n) is 27.7. The minimum absolute atomic E-state index is 0.0502. The van der Waals surface area contributed by atoms with Crippen LogP contribution in [0.4, 0.5) is 61.5 Å². The second kappa shape index (κ2) is 34.1. The molecule has 4 aromatic heterocycles. The van der Waals surface area contributed by atoms with Crippen LogP contribution in [-0.2, 0) is 60.2 Å². The molecule has 0 unspecified atom stereocenters. The first kappa shape index (κ1) is 80.4. The van der Waals surface area contributed by atoms with Crippen LogP contribution < -0.4 is 0 Å². The van der Waals surface area contributed by atoms with Crippen LogP contribution in [0.25, 0.3) is 0 Å². The number of halogens is 14. The maximum Gasteiger partial charge on any atom is 0.419 e. The number of alkyl halides is 12. The Hall–Kier alpha value is -10.6. The predicted molar refractivity (Wildman–Crippen MR) is 370 cm³/mol. The van der Waals surface area contributed by atoms with Gasteiger partial charge in [-0.3, -0.25) is 43.9 Å². The molecule has 4 fully saturated rings. The fraction of sp³-hybridized carbons (Fsp3) is 0.416. The molecule has 6 amide bonds. The van der Waals surface area contributed by atoms with Crippen molar-refractivity contribution in [3.05, 3.63) is 229 Å². The molecule has 0 spiro atoms. The third-order valence-electron chi connectivity index (χ3n) is 20.9. The highest BCUT2D eigenvalue weighted by atomic mass is 19.4. The normalized spacial score (nSPS) is 17.0. The van der Waals surface area contributed by atoms with Crippen LogP contribution in [-0.4, -0.2) is 166 Å². The largest absolute Gasteiger partial charge is 0.419 e. The molecule has 0 bridgehead atoms. The molecule has 14 rings (SSSR count). The molecule has 4 aromatic carbocycles. The standard InChI is InChI=1S/2C21H22F4N4O2.C18H17F3N2O.C17H16F3N3O/c1-12(30)29-9-6-15-18(11-29)26-27-19(15)20(31)28-7-4-13(5-8-28)16-10-14(22)2-3-17(16)21(23,24)25;1-12(30)29-10-7-15-17(11-29)26-27-19(15)20(31)28-8-5-13(6-9-28)14-3-2-4-16(22)18(14)21(23,24)25;19-18(20,21)16-6-2-1-5-15(16)13-7-10-23(11-8-13)17(24)14-4-3-9-22-12-14;18-17(19,20)14-5-2-1-4-13(14)12-7-10-23(11-8-12)16(24)15-6-3-9-21-22-15/h2-3,10,13H,4-9,11H2,1H3,(H,26,27);2-4,13H,5-11H2,1H3,(H,26,27);1-6,9,12-13H,7-8,10-11H2;1-6,9,12H,7-8,10-11H2. The van der Waals surface area contributed by atoms with E-state index in [1.807, 2.05) is 0 Å². The van der Waals surface area contributed by atoms with Crippen LogP contribution in [0.15, 0.2) is 128 Å². The molecule has 33 heteroatoms. The van der Waals surface area contributed by atoms with Crippen LogP contribution in [0, 0.1) is 11.6 Å². The van der Waals surface area contributed by atoms with Crippen LogP contribution >= 0.6 is 0 Å². The fourth-order valence-electron chi connectivity index (χ4n) is 15.2. The molecule has 2 N–H and O–H groups in total. The van der Waals surface area contributed by atoms with Crippen molar-refractivity contribution in [3.63, 3.8) is 0 Å². The SMILES string of the molecule is CC(=O)N1CCc2c(C(=O)N3CCC(c4cc(F)ccc4C(F)(F)F)CC3)n[nH]c2C1.CC(=O)N1CCc2c(C(=O)N3CCC(c4cccc(F)c4C(F)(F)F)CC3)n[nH]c2C1.O=C(c1cccnc1)N1CCC(c2ccccc2C(F)(F)F)CC1.O=C(c1cccnn1)N1CCC(c2ccccc2C(F)(F)F)CC1. The van der Waals surface area contributed by atoms with Crippen LogP contribution in [0.5, 0.6) is 0 Å². The van der Waals surface area contributed by atoms with Crippen molar-refractivity contribution < 1.29 is 90.2 Å². The summed E-state index contributed by atoms with van der Waals surface area (Å²) in [5, 5.41) is 21.4. The van der Waals surface area contributed by atoms with Gasteiger partial charge in [-0.05, 0) is 171 Å². The number of amides is 6. The number of benzene rings is 4. The number of carbonyl (C=O) groups excluding carboxylic acids is 6. The van der Waals surface area contributed by atoms with Gasteiger partial charge in [0.2, 0.25) is 11.8 Å². The van der Waals surface area contributed by atoms with Crippen molar-refractivity contribution in [3.8, 4) is 0 Å². The molecule has 6 aliphatic rings. The maximum atomic E-state index is 13.9. The van der Waals surface area contributed by atoms with Crippen molar-refractivity contribution in [2.24, 2.45) is 0 Å². The van der Waals surface area contributed by atoms with E-state index in [0.29, 0.717) is 145 Å². The molecular weight excluding hydrogens is 1470 g/mol. The summed E-state index contributed by atoms with van der Waals surface area (Å²) in [6.07, 6.45) is -9.13. The molecule has 0 aliphatic carbocycles. The van der Waals surface area contributed by atoms with E-state index in [2.05, 4.69) is 35.6 Å². The topological polar surface area (TPSA) is 218 Å². The van der Waals surface area contributed by atoms with Gasteiger partial charge in [-0.15, -0.1) is 5.10 Å². The van der Waals surface area contributed by atoms with Gasteiger partial charge in [0.05, 0.1) is 52.3 Å². The smallest absolute Gasteiger partial charge is 0.339 e. The van der Waals surface area contributed by atoms with E-state index >= 15 is 0 Å². The third kappa shape index (κ3) is 19.0. The Bertz CT molecular complexity index is 4350. The van der Waals surface area contributed by atoms with Gasteiger partial charge < -0.3 is 29.4 Å². The van der Waals surface area contributed by atoms with Crippen molar-refractivity contribution in [1.82, 2.24) is 65.0 Å². The number of rotatable bonds is 8. The van der Waals surface area contributed by atoms with Crippen LogP contribution in [0.3, 0.4) is 0 Å². The third-order valence-corrected chi connectivity index (χ3v) is 20.9. The zero-order valence-electron chi connectivity index (χ0n) is 59.7. The first-order valence-corrected chi connectivity index (χ1v) is 35.8. The zero-order valence-corrected chi connectivity index (χ0v) is 59.7. The van der Waals surface area contributed by atoms with Crippen molar-refractivity contribution in [2.45, 2.75) is 140 Å². The molecule has 8 aromatic rings. The number of hydrogen-bond acceptors (Lipinski definition) is 11. The number of aromatic amines is 2. The lowest BCUT2D eigenvalue weighted by Gasteiger charge is -2.33. The fourth-order valence-corrected chi connectivity index (χ4v) is 15.2. The maximum absolute atomic E-state index is 13.9. The van der Waals surface area contributed by atoms with Gasteiger partial charge in [-0.25, -0.2) is 8.78 Å². The van der Waals surface area contributed by atoms with Crippen molar-refractivity contribution >= 4 is 35.4 Å². The van der Waals surface area contributed by atoms with Gasteiger partial charge in [-0.2, -0.15) is 68.0 Å². The quantitative estimate of drug-likeness (QED) is 0.136. The summed E-state index contributed by atoms with van der Waals surface area (Å²) in [6, 6.07) is 24.0. The molecule has 6 aliphatic heterocycles. The summed E-state index contributed by atoms with van der Waals surface area (Å²) in [5.74, 6) is -4.31. The Balaban J connectivity index is 0.000000147. The van der Waals surface area contributed by atoms with E-state index in [1.165, 1.54) is 56.6 Å². The average Bonchev–Trinajstić information content (AvgIpc) is 1.38. The number of piperidine rings is 4. The van der Waals surface area contributed by atoms with Gasteiger partial charge in [-0.1, -0.05) is 48.5 Å². The highest BCUT2D eigenvalue weighted by Crippen LogP contribution is 2.44. The van der Waals surface area contributed by atoms with Crippen molar-refractivity contribution in [2.75, 3.05) is 65.4 Å². The first-order chi connectivity index (χ1) is 52.2. The monoisotopic (exact) mass is 1550 g/mol. The Labute approximate surface area is 622 Å². The zero-order chi connectivity index (χ0) is 79.0. The van der Waals surface area contributed by atoms with E-state index in [0.717, 1.165) is 58.9 Å². The Morgan fingerprint density at radius 2 is 0.818 bits per heavy atom. The number of H-pyrrole nitrogens is 2. The lowest BCUT2D eigenvalue weighted by molar-refractivity contribution is -0.141. The number of likely N-dealkylation sites (tertiary alicyclic amines) is 4. The van der Waals surface area contributed by atoms with E-state index in [4.69, 9.17) is 0 Å². The molecular formula is C77H77F14N13O6. The van der Waals surface area contributed by atoms with Crippen LogP contribution in [0.2, 0.25) is 0 Å². The average molecular weight is 1550 g/mol. The minimum Gasteiger partial charge on any atom is -0.339 e. The van der Waals surface area contributed by atoms with Crippen molar-refractivity contribution in [1.29, 1.82) is 0 Å². The minimum atomic E-state index is -4.77. The summed E-state index contributed by atoms with van der Waals surface area (Å²) >= 11 is 0. The van der Waals surface area contributed by atoms with Crippen LogP contribution in [0.1, 0.15) is 198 Å². The molecule has 10 heterocycles. The molecule has 584 valence electrons. The van der Waals surface area contributed by atoms with E-state index in [-0.39, 0.29) is 90.3 Å². The van der Waals surface area contributed by atoms with Gasteiger partial charge in [0.25, 0.3) is 23.6 Å². The molecule has 0 atom stereocenters. The first-order valence-electron chi connectivity index (χ1n) is 35.8. The summed E-state index contributed by atoms with van der Waals surface area (Å²) in [5.41, 5.74) is 1.76. The molecule has 0 saturated carbocycles. The van der Waals surface area contributed by atoms with E-state index < -0.39 is 70.4 Å². The number of aromatic nitrogens is 7. The van der Waals surface area contributed by atoms with E-state index in [1.54, 1.807) is 78.1 Å². The Morgan fingerprint density at radius 1 is 0.409 bits per heavy atom. The Morgan fingerprint density at radius 3 is 1.24 bits per heavy atom. The van der Waals surface area contributed by atoms with E-state index in [9.17, 15) is 90.2 Å². The summed E-state index contributed by atoms with van der Waals surface area (Å²) in [6.45, 7) is 7.48. The molecule has 19 nitrogen and oxygen atoms in total. The molecule has 0 radical (unpaired) electrons. The Kier molecular flexibility index (Phi) is 24.9. The molecule has 110 heavy (non-hydrogen) atoms. The van der Waals surface area contributed by atoms with Gasteiger partial charge in [0.1, 0.15) is 11.6 Å². The highest BCUT2D eigenvalue weighted by molar-refractivity contribution is 5.96. The summed E-state index contributed by atoms with van der Waals surface area (Å²) in [7, 11) is 0.